The number of carbonyl (C=O) groups is 1. The smallest absolute Gasteiger partial charge is 0.258 e. The van der Waals surface area contributed by atoms with Crippen LogP contribution in [0, 0.1) is 12.7 Å². The molecule has 2 rings (SSSR count). The lowest BCUT2D eigenvalue weighted by atomic mass is 10.2. The molecule has 1 heterocycles. The molecule has 0 radical (unpaired) electrons. The van der Waals surface area contributed by atoms with Gasteiger partial charge in [0.15, 0.2) is 0 Å². The average Bonchev–Trinajstić information content (AvgIpc) is 2.33. The van der Waals surface area contributed by atoms with E-state index in [-0.39, 0.29) is 5.56 Å². The van der Waals surface area contributed by atoms with E-state index in [4.69, 9.17) is 11.6 Å². The summed E-state index contributed by atoms with van der Waals surface area (Å²) in [6, 6.07) is 5.91. The van der Waals surface area contributed by atoms with Gasteiger partial charge in [-0.3, -0.25) is 9.78 Å². The average molecular weight is 344 g/mol. The van der Waals surface area contributed by atoms with Crippen molar-refractivity contribution in [2.75, 3.05) is 5.32 Å². The summed E-state index contributed by atoms with van der Waals surface area (Å²) in [6.07, 6.45) is 1.39. The number of aromatic nitrogens is 1. The Morgan fingerprint density at radius 2 is 2.16 bits per heavy atom. The normalized spacial score (nSPS) is 10.3. The summed E-state index contributed by atoms with van der Waals surface area (Å²) >= 11 is 9.01. The van der Waals surface area contributed by atoms with E-state index >= 15 is 0 Å². The summed E-state index contributed by atoms with van der Waals surface area (Å²) in [5.74, 6) is -0.884. The zero-order valence-electron chi connectivity index (χ0n) is 9.88. The van der Waals surface area contributed by atoms with Crippen LogP contribution in [0.25, 0.3) is 0 Å². The Morgan fingerprint density at radius 3 is 2.79 bits per heavy atom. The second-order valence-corrected chi connectivity index (χ2v) is 5.15. The van der Waals surface area contributed by atoms with Gasteiger partial charge in [-0.15, -0.1) is 0 Å². The summed E-state index contributed by atoms with van der Waals surface area (Å²) in [5, 5.41) is 2.87. The molecule has 0 spiro atoms. The third-order valence-electron chi connectivity index (χ3n) is 2.41. The van der Waals surface area contributed by atoms with Crippen molar-refractivity contribution in [2.24, 2.45) is 0 Å². The molecule has 1 aromatic carbocycles. The minimum absolute atomic E-state index is 0.246. The molecule has 98 valence electrons. The van der Waals surface area contributed by atoms with Gasteiger partial charge in [-0.1, -0.05) is 11.6 Å². The number of benzene rings is 1. The van der Waals surface area contributed by atoms with E-state index in [0.717, 1.165) is 5.69 Å². The van der Waals surface area contributed by atoms with Gasteiger partial charge in [0.25, 0.3) is 5.91 Å². The summed E-state index contributed by atoms with van der Waals surface area (Å²) in [7, 11) is 0. The molecule has 3 nitrogen and oxygen atoms in total. The molecule has 19 heavy (non-hydrogen) atoms. The van der Waals surface area contributed by atoms with Crippen LogP contribution in [-0.2, 0) is 0 Å². The maximum Gasteiger partial charge on any atom is 0.258 e. The quantitative estimate of drug-likeness (QED) is 0.888. The van der Waals surface area contributed by atoms with Crippen molar-refractivity contribution in [1.82, 2.24) is 4.98 Å². The Labute approximate surface area is 122 Å². The molecule has 0 saturated heterocycles. The molecular formula is C13H9BrClFN2O. The van der Waals surface area contributed by atoms with E-state index in [1.165, 1.54) is 18.3 Å². The summed E-state index contributed by atoms with van der Waals surface area (Å²) in [5.41, 5.74) is 1.31. The Bertz CT molecular complexity index is 649. The fourth-order valence-electron chi connectivity index (χ4n) is 1.47. The van der Waals surface area contributed by atoms with Gasteiger partial charge in [-0.05, 0) is 47.1 Å². The maximum atomic E-state index is 13.3. The first-order valence-corrected chi connectivity index (χ1v) is 6.53. The molecule has 2 aromatic rings. The molecule has 0 aliphatic heterocycles. The van der Waals surface area contributed by atoms with Gasteiger partial charge < -0.3 is 5.32 Å². The third-order valence-corrected chi connectivity index (χ3v) is 3.37. The number of amides is 1. The highest BCUT2D eigenvalue weighted by atomic mass is 79.9. The highest BCUT2D eigenvalue weighted by Gasteiger charge is 2.12. The van der Waals surface area contributed by atoms with Crippen molar-refractivity contribution in [3.05, 3.63) is 57.0 Å². The van der Waals surface area contributed by atoms with Gasteiger partial charge in [-0.25, -0.2) is 4.39 Å². The van der Waals surface area contributed by atoms with Crippen LogP contribution in [-0.4, -0.2) is 10.9 Å². The minimum Gasteiger partial charge on any atom is -0.322 e. The van der Waals surface area contributed by atoms with E-state index in [2.05, 4.69) is 26.2 Å². The molecule has 0 saturated carbocycles. The lowest BCUT2D eigenvalue weighted by molar-refractivity contribution is 0.102. The highest BCUT2D eigenvalue weighted by Crippen LogP contribution is 2.21. The van der Waals surface area contributed by atoms with Gasteiger partial charge in [0, 0.05) is 17.6 Å². The Kier molecular flexibility index (Phi) is 4.17. The van der Waals surface area contributed by atoms with Gasteiger partial charge in [0.2, 0.25) is 0 Å². The van der Waals surface area contributed by atoms with Crippen LogP contribution >= 0.6 is 27.5 Å². The molecule has 1 amide bonds. The molecule has 0 atom stereocenters. The zero-order valence-corrected chi connectivity index (χ0v) is 12.2. The summed E-state index contributed by atoms with van der Waals surface area (Å²) in [6.45, 7) is 1.78. The van der Waals surface area contributed by atoms with Crippen molar-refractivity contribution in [1.29, 1.82) is 0 Å². The molecule has 1 N–H and O–H groups in total. The van der Waals surface area contributed by atoms with E-state index < -0.39 is 11.7 Å². The fraction of sp³-hybridized carbons (Fsp3) is 0.0769. The monoisotopic (exact) mass is 342 g/mol. The summed E-state index contributed by atoms with van der Waals surface area (Å²) in [4.78, 5) is 16.0. The van der Waals surface area contributed by atoms with Crippen LogP contribution < -0.4 is 5.32 Å². The first kappa shape index (κ1) is 14.0. The number of halogens is 3. The number of hydrogen-bond acceptors (Lipinski definition) is 2. The van der Waals surface area contributed by atoms with Crippen molar-refractivity contribution >= 4 is 39.1 Å². The largest absolute Gasteiger partial charge is 0.322 e. The minimum atomic E-state index is -0.453. The molecule has 0 aliphatic rings. The molecule has 1 aromatic heterocycles. The number of carbonyl (C=O) groups excluding carboxylic acids is 1. The number of aryl methyl sites for hydroxylation is 1. The first-order valence-electron chi connectivity index (χ1n) is 5.36. The van der Waals surface area contributed by atoms with Crippen LogP contribution in [0.15, 0.2) is 34.9 Å². The van der Waals surface area contributed by atoms with Crippen molar-refractivity contribution in [2.45, 2.75) is 6.92 Å². The molecule has 6 heteroatoms. The number of hydrogen-bond donors (Lipinski definition) is 1. The lowest BCUT2D eigenvalue weighted by Gasteiger charge is -2.07. The van der Waals surface area contributed by atoms with Crippen molar-refractivity contribution in [3.8, 4) is 0 Å². The van der Waals surface area contributed by atoms with Crippen LogP contribution in [0.4, 0.5) is 10.1 Å². The molecular weight excluding hydrogens is 335 g/mol. The van der Waals surface area contributed by atoms with Crippen LogP contribution in [0.5, 0.6) is 0 Å². The highest BCUT2D eigenvalue weighted by molar-refractivity contribution is 9.10. The predicted octanol–water partition coefficient (Wildman–Crippen LogP) is 4.20. The number of rotatable bonds is 2. The number of nitrogens with zero attached hydrogens (tertiary/aromatic N) is 1. The fourth-order valence-corrected chi connectivity index (χ4v) is 2.00. The van der Waals surface area contributed by atoms with Gasteiger partial charge >= 0.3 is 0 Å². The number of nitrogens with one attached hydrogen (secondary N) is 1. The van der Waals surface area contributed by atoms with Crippen molar-refractivity contribution in [3.63, 3.8) is 0 Å². The second-order valence-electron chi connectivity index (χ2n) is 3.89. The maximum absolute atomic E-state index is 13.3. The molecule has 0 bridgehead atoms. The van der Waals surface area contributed by atoms with Crippen LogP contribution in [0.3, 0.4) is 0 Å². The Balaban J connectivity index is 2.23. The zero-order chi connectivity index (χ0) is 14.0. The predicted molar refractivity (Wildman–Crippen MR) is 76.0 cm³/mol. The Hall–Kier alpha value is -1.46. The van der Waals surface area contributed by atoms with E-state index in [1.807, 2.05) is 0 Å². The third kappa shape index (κ3) is 3.30. The van der Waals surface area contributed by atoms with E-state index in [9.17, 15) is 9.18 Å². The topological polar surface area (TPSA) is 42.0 Å². The SMILES string of the molecule is Cc1cc(Cl)c(C(=O)Nc2ccc(Br)c(F)c2)cn1. The van der Waals surface area contributed by atoms with Crippen molar-refractivity contribution < 1.29 is 9.18 Å². The van der Waals surface area contributed by atoms with Crippen LogP contribution in [0.2, 0.25) is 5.02 Å². The number of anilines is 1. The van der Waals surface area contributed by atoms with Gasteiger partial charge in [0.1, 0.15) is 5.82 Å². The molecule has 0 aliphatic carbocycles. The number of pyridine rings is 1. The van der Waals surface area contributed by atoms with E-state index in [1.54, 1.807) is 19.1 Å². The Morgan fingerprint density at radius 1 is 1.42 bits per heavy atom. The molecule has 0 unspecified atom stereocenters. The van der Waals surface area contributed by atoms with Gasteiger partial charge in [-0.2, -0.15) is 0 Å². The first-order chi connectivity index (χ1) is 8.97. The summed E-state index contributed by atoms with van der Waals surface area (Å²) < 4.78 is 13.7. The van der Waals surface area contributed by atoms with Gasteiger partial charge in [0.05, 0.1) is 15.1 Å². The molecule has 0 fully saturated rings. The lowest BCUT2D eigenvalue weighted by Crippen LogP contribution is -2.13. The standard InChI is InChI=1S/C13H9BrClFN2O/c1-7-4-11(15)9(6-17-7)13(19)18-8-2-3-10(14)12(16)5-8/h2-6H,1H3,(H,18,19). The van der Waals surface area contributed by atoms with E-state index in [0.29, 0.717) is 15.2 Å². The van der Waals surface area contributed by atoms with Crippen LogP contribution in [0.1, 0.15) is 16.1 Å². The second kappa shape index (κ2) is 5.67.